The molecule has 0 radical (unpaired) electrons. The number of halogens is 1. The summed E-state index contributed by atoms with van der Waals surface area (Å²) >= 11 is 6.09. The number of primary amides is 1. The van der Waals surface area contributed by atoms with Crippen LogP contribution in [-0.2, 0) is 0 Å². The van der Waals surface area contributed by atoms with Crippen LogP contribution in [0.3, 0.4) is 0 Å². The standard InChI is InChI=1S/C12H16ClN3O/c13-10-4-3-8(12(14)17)6-11(10)16-9-2-1-5-15-7-9/h3-4,6,9,15-16H,1-2,5,7H2,(H2,14,17). The van der Waals surface area contributed by atoms with Crippen LogP contribution in [0.4, 0.5) is 5.69 Å². The maximum Gasteiger partial charge on any atom is 0.248 e. The van der Waals surface area contributed by atoms with Crippen molar-refractivity contribution in [2.24, 2.45) is 5.73 Å². The molecule has 5 heteroatoms. The molecule has 1 amide bonds. The van der Waals surface area contributed by atoms with Gasteiger partial charge >= 0.3 is 0 Å². The monoisotopic (exact) mass is 253 g/mol. The second-order valence-corrected chi connectivity index (χ2v) is 4.65. The average Bonchev–Trinajstić information content (AvgIpc) is 2.33. The summed E-state index contributed by atoms with van der Waals surface area (Å²) < 4.78 is 0. The van der Waals surface area contributed by atoms with Crippen LogP contribution in [0.5, 0.6) is 0 Å². The first kappa shape index (κ1) is 12.2. The molecular weight excluding hydrogens is 238 g/mol. The fourth-order valence-corrected chi connectivity index (χ4v) is 2.16. The number of hydrogen-bond acceptors (Lipinski definition) is 3. The summed E-state index contributed by atoms with van der Waals surface area (Å²) in [7, 11) is 0. The summed E-state index contributed by atoms with van der Waals surface area (Å²) in [6.07, 6.45) is 2.24. The predicted molar refractivity (Wildman–Crippen MR) is 69.5 cm³/mol. The molecule has 1 heterocycles. The van der Waals surface area contributed by atoms with E-state index in [-0.39, 0.29) is 0 Å². The minimum absolute atomic E-state index is 0.351. The molecule has 1 aliphatic heterocycles. The van der Waals surface area contributed by atoms with E-state index in [0.29, 0.717) is 16.6 Å². The normalized spacial score (nSPS) is 19.9. The summed E-state index contributed by atoms with van der Waals surface area (Å²) in [6.45, 7) is 1.98. The van der Waals surface area contributed by atoms with Gasteiger partial charge in [0.25, 0.3) is 0 Å². The van der Waals surface area contributed by atoms with Gasteiger partial charge in [-0.2, -0.15) is 0 Å². The molecule has 1 aliphatic rings. The number of nitrogens with one attached hydrogen (secondary N) is 2. The number of anilines is 1. The zero-order chi connectivity index (χ0) is 12.3. The van der Waals surface area contributed by atoms with Crippen molar-refractivity contribution in [2.45, 2.75) is 18.9 Å². The van der Waals surface area contributed by atoms with Gasteiger partial charge in [-0.15, -0.1) is 0 Å². The van der Waals surface area contributed by atoms with Crippen molar-refractivity contribution >= 4 is 23.2 Å². The van der Waals surface area contributed by atoms with Gasteiger partial charge < -0.3 is 16.4 Å². The number of amides is 1. The lowest BCUT2D eigenvalue weighted by molar-refractivity contribution is 0.100. The van der Waals surface area contributed by atoms with E-state index >= 15 is 0 Å². The molecule has 0 saturated carbocycles. The number of nitrogens with two attached hydrogens (primary N) is 1. The molecule has 1 saturated heterocycles. The second kappa shape index (κ2) is 5.38. The summed E-state index contributed by atoms with van der Waals surface area (Å²) in [5.74, 6) is -0.438. The third-order valence-electron chi connectivity index (χ3n) is 2.91. The Morgan fingerprint density at radius 2 is 2.35 bits per heavy atom. The molecule has 1 unspecified atom stereocenters. The number of benzene rings is 1. The third kappa shape index (κ3) is 3.11. The van der Waals surface area contributed by atoms with Crippen LogP contribution in [0.25, 0.3) is 0 Å². The Morgan fingerprint density at radius 1 is 1.53 bits per heavy atom. The van der Waals surface area contributed by atoms with Gasteiger partial charge in [-0.1, -0.05) is 11.6 Å². The van der Waals surface area contributed by atoms with E-state index in [1.165, 1.54) is 0 Å². The first-order chi connectivity index (χ1) is 8.16. The second-order valence-electron chi connectivity index (χ2n) is 4.25. The van der Waals surface area contributed by atoms with Gasteiger partial charge in [-0.05, 0) is 37.6 Å². The van der Waals surface area contributed by atoms with Crippen LogP contribution < -0.4 is 16.4 Å². The maximum atomic E-state index is 11.1. The molecule has 4 nitrogen and oxygen atoms in total. The van der Waals surface area contributed by atoms with Gasteiger partial charge in [0, 0.05) is 18.2 Å². The molecule has 1 fully saturated rings. The van der Waals surface area contributed by atoms with E-state index < -0.39 is 5.91 Å². The van der Waals surface area contributed by atoms with Crippen molar-refractivity contribution in [1.82, 2.24) is 5.32 Å². The molecule has 1 aromatic rings. The van der Waals surface area contributed by atoms with Crippen LogP contribution in [0.1, 0.15) is 23.2 Å². The Balaban J connectivity index is 2.13. The highest BCUT2D eigenvalue weighted by atomic mass is 35.5. The Labute approximate surface area is 106 Å². The number of hydrogen-bond donors (Lipinski definition) is 3. The van der Waals surface area contributed by atoms with Crippen molar-refractivity contribution in [3.8, 4) is 0 Å². The van der Waals surface area contributed by atoms with E-state index in [0.717, 1.165) is 31.6 Å². The molecule has 17 heavy (non-hydrogen) atoms. The number of rotatable bonds is 3. The van der Waals surface area contributed by atoms with Crippen LogP contribution >= 0.6 is 11.6 Å². The van der Waals surface area contributed by atoms with E-state index in [1.54, 1.807) is 18.2 Å². The Morgan fingerprint density at radius 3 is 3.00 bits per heavy atom. The number of piperidine rings is 1. The SMILES string of the molecule is NC(=O)c1ccc(Cl)c(NC2CCCNC2)c1. The molecular formula is C12H16ClN3O. The topological polar surface area (TPSA) is 67.2 Å². The molecule has 0 aliphatic carbocycles. The molecule has 2 rings (SSSR count). The first-order valence-corrected chi connectivity index (χ1v) is 6.11. The third-order valence-corrected chi connectivity index (χ3v) is 3.24. The zero-order valence-electron chi connectivity index (χ0n) is 9.50. The fourth-order valence-electron chi connectivity index (χ4n) is 1.98. The van der Waals surface area contributed by atoms with Crippen LogP contribution in [0, 0.1) is 0 Å². The molecule has 1 atom stereocenters. The molecule has 1 aromatic carbocycles. The quantitative estimate of drug-likeness (QED) is 0.767. The van der Waals surface area contributed by atoms with Crippen molar-refractivity contribution < 1.29 is 4.79 Å². The van der Waals surface area contributed by atoms with E-state index in [2.05, 4.69) is 10.6 Å². The minimum atomic E-state index is -0.438. The molecule has 0 aromatic heterocycles. The lowest BCUT2D eigenvalue weighted by atomic mass is 10.1. The van der Waals surface area contributed by atoms with Crippen LogP contribution in [0.15, 0.2) is 18.2 Å². The zero-order valence-corrected chi connectivity index (χ0v) is 10.3. The maximum absolute atomic E-state index is 11.1. The van der Waals surface area contributed by atoms with Gasteiger partial charge in [0.05, 0.1) is 10.7 Å². The predicted octanol–water partition coefficient (Wildman–Crippen LogP) is 1.60. The van der Waals surface area contributed by atoms with Crippen molar-refractivity contribution in [3.05, 3.63) is 28.8 Å². The van der Waals surface area contributed by atoms with Crippen LogP contribution in [-0.4, -0.2) is 25.0 Å². The minimum Gasteiger partial charge on any atom is -0.380 e. The first-order valence-electron chi connectivity index (χ1n) is 5.73. The van der Waals surface area contributed by atoms with Crippen LogP contribution in [0.2, 0.25) is 5.02 Å². The lowest BCUT2D eigenvalue weighted by Crippen LogP contribution is -2.38. The van der Waals surface area contributed by atoms with Gasteiger partial charge in [0.15, 0.2) is 0 Å². The van der Waals surface area contributed by atoms with Gasteiger partial charge in [0.1, 0.15) is 0 Å². The number of carbonyl (C=O) groups is 1. The smallest absolute Gasteiger partial charge is 0.248 e. The summed E-state index contributed by atoms with van der Waals surface area (Å²) in [6, 6.07) is 5.39. The van der Waals surface area contributed by atoms with Crippen molar-refractivity contribution in [2.75, 3.05) is 18.4 Å². The van der Waals surface area contributed by atoms with Gasteiger partial charge in [-0.25, -0.2) is 0 Å². The molecule has 0 spiro atoms. The molecule has 4 N–H and O–H groups in total. The summed E-state index contributed by atoms with van der Waals surface area (Å²) in [5.41, 5.74) is 6.49. The van der Waals surface area contributed by atoms with Crippen molar-refractivity contribution in [3.63, 3.8) is 0 Å². The Kier molecular flexibility index (Phi) is 3.86. The largest absolute Gasteiger partial charge is 0.380 e. The fraction of sp³-hybridized carbons (Fsp3) is 0.417. The highest BCUT2D eigenvalue weighted by Crippen LogP contribution is 2.24. The van der Waals surface area contributed by atoms with E-state index in [1.807, 2.05) is 0 Å². The highest BCUT2D eigenvalue weighted by molar-refractivity contribution is 6.33. The van der Waals surface area contributed by atoms with Crippen molar-refractivity contribution in [1.29, 1.82) is 0 Å². The average molecular weight is 254 g/mol. The lowest BCUT2D eigenvalue weighted by Gasteiger charge is -2.25. The summed E-state index contributed by atoms with van der Waals surface area (Å²) in [5, 5.41) is 7.27. The van der Waals surface area contributed by atoms with E-state index in [9.17, 15) is 4.79 Å². The van der Waals surface area contributed by atoms with Gasteiger partial charge in [0.2, 0.25) is 5.91 Å². The van der Waals surface area contributed by atoms with Gasteiger partial charge in [-0.3, -0.25) is 4.79 Å². The Hall–Kier alpha value is -1.26. The number of carbonyl (C=O) groups excluding carboxylic acids is 1. The molecule has 92 valence electrons. The van der Waals surface area contributed by atoms with E-state index in [4.69, 9.17) is 17.3 Å². The summed E-state index contributed by atoms with van der Waals surface area (Å²) in [4.78, 5) is 11.1. The molecule has 0 bridgehead atoms. The highest BCUT2D eigenvalue weighted by Gasteiger charge is 2.14. The Bertz CT molecular complexity index is 416.